The highest BCUT2D eigenvalue weighted by Gasteiger charge is 2.22. The fourth-order valence-electron chi connectivity index (χ4n) is 3.11. The SMILES string of the molecule is CN(CCOc1ccccc1)CC(=O)N1CCN(c2ccc(F)cc2)CC1. The maximum Gasteiger partial charge on any atom is 0.236 e. The summed E-state index contributed by atoms with van der Waals surface area (Å²) in [6, 6.07) is 16.2. The maximum atomic E-state index is 13.0. The highest BCUT2D eigenvalue weighted by Crippen LogP contribution is 2.17. The molecule has 0 radical (unpaired) electrons. The molecule has 5 nitrogen and oxygen atoms in total. The predicted molar refractivity (Wildman–Crippen MR) is 105 cm³/mol. The van der Waals surface area contributed by atoms with Crippen molar-refractivity contribution in [1.82, 2.24) is 9.80 Å². The van der Waals surface area contributed by atoms with E-state index in [1.807, 2.05) is 47.2 Å². The first-order chi connectivity index (χ1) is 13.1. The van der Waals surface area contributed by atoms with Crippen LogP contribution in [0.2, 0.25) is 0 Å². The Labute approximate surface area is 159 Å². The summed E-state index contributed by atoms with van der Waals surface area (Å²) in [5, 5.41) is 0. The van der Waals surface area contributed by atoms with Gasteiger partial charge >= 0.3 is 0 Å². The summed E-state index contributed by atoms with van der Waals surface area (Å²) in [6.07, 6.45) is 0. The Bertz CT molecular complexity index is 716. The molecule has 0 spiro atoms. The summed E-state index contributed by atoms with van der Waals surface area (Å²) < 4.78 is 18.7. The Morgan fingerprint density at radius 1 is 1.04 bits per heavy atom. The van der Waals surface area contributed by atoms with Crippen molar-refractivity contribution >= 4 is 11.6 Å². The third-order valence-electron chi connectivity index (χ3n) is 4.71. The van der Waals surface area contributed by atoms with Crippen molar-refractivity contribution in [3.05, 3.63) is 60.4 Å². The normalized spacial score (nSPS) is 14.5. The zero-order valence-corrected chi connectivity index (χ0v) is 15.7. The molecule has 6 heteroatoms. The van der Waals surface area contributed by atoms with Crippen LogP contribution in [0, 0.1) is 5.82 Å². The second-order valence-corrected chi connectivity index (χ2v) is 6.74. The number of benzene rings is 2. The molecule has 144 valence electrons. The van der Waals surface area contributed by atoms with Crippen LogP contribution < -0.4 is 9.64 Å². The summed E-state index contributed by atoms with van der Waals surface area (Å²) in [4.78, 5) is 18.6. The molecule has 3 rings (SSSR count). The van der Waals surface area contributed by atoms with Crippen molar-refractivity contribution in [3.63, 3.8) is 0 Å². The van der Waals surface area contributed by atoms with E-state index in [-0.39, 0.29) is 11.7 Å². The first-order valence-electron chi connectivity index (χ1n) is 9.26. The van der Waals surface area contributed by atoms with E-state index in [1.54, 1.807) is 12.1 Å². The molecule has 0 bridgehead atoms. The lowest BCUT2D eigenvalue weighted by molar-refractivity contribution is -0.132. The van der Waals surface area contributed by atoms with Crippen molar-refractivity contribution in [2.24, 2.45) is 0 Å². The average Bonchev–Trinajstić information content (AvgIpc) is 2.69. The first-order valence-corrected chi connectivity index (χ1v) is 9.26. The van der Waals surface area contributed by atoms with Gasteiger partial charge in [0, 0.05) is 38.4 Å². The standard InChI is InChI=1S/C21H26FN3O2/c1-23(15-16-27-20-5-3-2-4-6-20)17-21(26)25-13-11-24(12-14-25)19-9-7-18(22)8-10-19/h2-10H,11-17H2,1H3. The summed E-state index contributed by atoms with van der Waals surface area (Å²) >= 11 is 0. The van der Waals surface area contributed by atoms with Crippen LogP contribution in [-0.4, -0.2) is 68.6 Å². The van der Waals surface area contributed by atoms with Crippen LogP contribution in [0.1, 0.15) is 0 Å². The number of hydrogen-bond acceptors (Lipinski definition) is 4. The topological polar surface area (TPSA) is 36.0 Å². The molecular weight excluding hydrogens is 345 g/mol. The highest BCUT2D eigenvalue weighted by molar-refractivity contribution is 5.78. The Balaban J connectivity index is 1.38. The fraction of sp³-hybridized carbons (Fsp3) is 0.381. The van der Waals surface area contributed by atoms with Gasteiger partial charge in [0.1, 0.15) is 18.2 Å². The van der Waals surface area contributed by atoms with Crippen molar-refractivity contribution in [1.29, 1.82) is 0 Å². The van der Waals surface area contributed by atoms with Gasteiger partial charge in [0.2, 0.25) is 5.91 Å². The maximum absolute atomic E-state index is 13.0. The molecule has 1 heterocycles. The molecule has 1 aliphatic heterocycles. The number of nitrogens with zero attached hydrogens (tertiary/aromatic N) is 3. The first kappa shape index (κ1) is 19.2. The molecule has 1 aliphatic rings. The molecule has 1 fully saturated rings. The zero-order chi connectivity index (χ0) is 19.1. The summed E-state index contributed by atoms with van der Waals surface area (Å²) in [6.45, 7) is 4.52. The van der Waals surface area contributed by atoms with Gasteiger partial charge in [-0.05, 0) is 43.4 Å². The number of likely N-dealkylation sites (N-methyl/N-ethyl adjacent to an activating group) is 1. The third kappa shape index (κ3) is 5.69. The molecule has 1 amide bonds. The number of rotatable bonds is 7. The molecule has 0 N–H and O–H groups in total. The molecule has 0 atom stereocenters. The van der Waals surface area contributed by atoms with Gasteiger partial charge in [-0.25, -0.2) is 4.39 Å². The number of carbonyl (C=O) groups is 1. The van der Waals surface area contributed by atoms with Crippen LogP contribution in [0.25, 0.3) is 0 Å². The average molecular weight is 371 g/mol. The highest BCUT2D eigenvalue weighted by atomic mass is 19.1. The Hall–Kier alpha value is -2.60. The van der Waals surface area contributed by atoms with E-state index < -0.39 is 0 Å². The Morgan fingerprint density at radius 2 is 1.70 bits per heavy atom. The lowest BCUT2D eigenvalue weighted by Crippen LogP contribution is -2.51. The number of piperazine rings is 1. The number of carbonyl (C=O) groups excluding carboxylic acids is 1. The van der Waals surface area contributed by atoms with E-state index in [0.29, 0.717) is 32.8 Å². The van der Waals surface area contributed by atoms with Gasteiger partial charge in [0.25, 0.3) is 0 Å². The van der Waals surface area contributed by atoms with Crippen molar-refractivity contribution in [3.8, 4) is 5.75 Å². The van der Waals surface area contributed by atoms with Gasteiger partial charge < -0.3 is 14.5 Å². The summed E-state index contributed by atoms with van der Waals surface area (Å²) in [7, 11) is 1.93. The predicted octanol–water partition coefficient (Wildman–Crippen LogP) is 2.49. The van der Waals surface area contributed by atoms with Crippen LogP contribution >= 0.6 is 0 Å². The minimum absolute atomic E-state index is 0.135. The minimum Gasteiger partial charge on any atom is -0.492 e. The molecule has 2 aromatic rings. The number of para-hydroxylation sites is 1. The second kappa shape index (κ2) is 9.37. The van der Waals surface area contributed by atoms with Crippen molar-refractivity contribution < 1.29 is 13.9 Å². The molecule has 27 heavy (non-hydrogen) atoms. The summed E-state index contributed by atoms with van der Waals surface area (Å²) in [5.74, 6) is 0.747. The molecule has 0 aromatic heterocycles. The Morgan fingerprint density at radius 3 is 2.37 bits per heavy atom. The van der Waals surface area contributed by atoms with Crippen LogP contribution in [-0.2, 0) is 4.79 Å². The molecule has 1 saturated heterocycles. The van der Waals surface area contributed by atoms with E-state index in [9.17, 15) is 9.18 Å². The fourth-order valence-corrected chi connectivity index (χ4v) is 3.11. The van der Waals surface area contributed by atoms with Crippen LogP contribution in [0.4, 0.5) is 10.1 Å². The van der Waals surface area contributed by atoms with E-state index >= 15 is 0 Å². The number of ether oxygens (including phenoxy) is 1. The second-order valence-electron chi connectivity index (χ2n) is 6.74. The van der Waals surface area contributed by atoms with Crippen LogP contribution in [0.5, 0.6) is 5.75 Å². The molecule has 0 aliphatic carbocycles. The molecule has 2 aromatic carbocycles. The summed E-state index contributed by atoms with van der Waals surface area (Å²) in [5.41, 5.74) is 0.999. The van der Waals surface area contributed by atoms with Crippen LogP contribution in [0.15, 0.2) is 54.6 Å². The zero-order valence-electron chi connectivity index (χ0n) is 15.7. The van der Waals surface area contributed by atoms with Gasteiger partial charge in [-0.15, -0.1) is 0 Å². The van der Waals surface area contributed by atoms with E-state index in [0.717, 1.165) is 24.5 Å². The molecule has 0 saturated carbocycles. The van der Waals surface area contributed by atoms with Crippen LogP contribution in [0.3, 0.4) is 0 Å². The molecular formula is C21H26FN3O2. The number of anilines is 1. The van der Waals surface area contributed by atoms with Crippen molar-refractivity contribution in [2.45, 2.75) is 0 Å². The molecule has 0 unspecified atom stereocenters. The van der Waals surface area contributed by atoms with Gasteiger partial charge in [-0.1, -0.05) is 18.2 Å². The van der Waals surface area contributed by atoms with Gasteiger partial charge in [0.05, 0.1) is 6.54 Å². The minimum atomic E-state index is -0.230. The number of amides is 1. The van der Waals surface area contributed by atoms with Gasteiger partial charge in [-0.3, -0.25) is 9.69 Å². The monoisotopic (exact) mass is 371 g/mol. The van der Waals surface area contributed by atoms with Gasteiger partial charge in [-0.2, -0.15) is 0 Å². The smallest absolute Gasteiger partial charge is 0.236 e. The Kier molecular flexibility index (Phi) is 6.65. The lowest BCUT2D eigenvalue weighted by atomic mass is 10.2. The van der Waals surface area contributed by atoms with E-state index in [1.165, 1.54) is 12.1 Å². The largest absolute Gasteiger partial charge is 0.492 e. The lowest BCUT2D eigenvalue weighted by Gasteiger charge is -2.36. The van der Waals surface area contributed by atoms with E-state index in [4.69, 9.17) is 4.74 Å². The third-order valence-corrected chi connectivity index (χ3v) is 4.71. The quantitative estimate of drug-likeness (QED) is 0.749. The van der Waals surface area contributed by atoms with E-state index in [2.05, 4.69) is 4.90 Å². The number of hydrogen-bond donors (Lipinski definition) is 0. The number of halogens is 1. The van der Waals surface area contributed by atoms with Gasteiger partial charge in [0.15, 0.2) is 0 Å². The van der Waals surface area contributed by atoms with Crippen molar-refractivity contribution in [2.75, 3.05) is 57.8 Å².